The number of ether oxygens (including phenoxy) is 1. The summed E-state index contributed by atoms with van der Waals surface area (Å²) in [5, 5.41) is 3.63. The monoisotopic (exact) mass is 299 g/mol. The molecule has 2 aromatic rings. The van der Waals surface area contributed by atoms with Gasteiger partial charge in [0.05, 0.1) is 11.7 Å². The Kier molecular flexibility index (Phi) is 5.08. The Morgan fingerprint density at radius 2 is 2.00 bits per heavy atom. The van der Waals surface area contributed by atoms with Crippen LogP contribution in [0.4, 0.5) is 0 Å². The fourth-order valence-electron chi connectivity index (χ4n) is 1.68. The largest absolute Gasteiger partial charge is 0.491 e. The van der Waals surface area contributed by atoms with Crippen LogP contribution in [0.1, 0.15) is 29.8 Å². The van der Waals surface area contributed by atoms with Crippen molar-refractivity contribution >= 4 is 11.8 Å². The Balaban J connectivity index is 2.06. The van der Waals surface area contributed by atoms with Gasteiger partial charge in [0.15, 0.2) is 5.84 Å². The van der Waals surface area contributed by atoms with Gasteiger partial charge < -0.3 is 15.3 Å². The lowest BCUT2D eigenvalue weighted by atomic mass is 10.2. The van der Waals surface area contributed by atoms with Crippen LogP contribution in [0.25, 0.3) is 0 Å². The Hall–Kier alpha value is -2.89. The van der Waals surface area contributed by atoms with Crippen molar-refractivity contribution in [1.82, 2.24) is 4.98 Å². The minimum Gasteiger partial charge on any atom is -0.491 e. The second-order valence-electron chi connectivity index (χ2n) is 4.79. The molecule has 0 saturated carbocycles. The molecule has 0 radical (unpaired) electrons. The van der Waals surface area contributed by atoms with E-state index in [0.717, 1.165) is 0 Å². The van der Waals surface area contributed by atoms with Gasteiger partial charge in [0.25, 0.3) is 0 Å². The molecule has 0 spiro atoms. The van der Waals surface area contributed by atoms with Crippen LogP contribution in [0.5, 0.6) is 5.75 Å². The Bertz CT molecular complexity index is 669. The fourth-order valence-corrected chi connectivity index (χ4v) is 1.68. The molecule has 0 aliphatic heterocycles. The van der Waals surface area contributed by atoms with Crippen molar-refractivity contribution in [2.24, 2.45) is 10.9 Å². The Morgan fingerprint density at radius 3 is 2.68 bits per heavy atom. The molecule has 2 rings (SSSR count). The van der Waals surface area contributed by atoms with Crippen LogP contribution in [-0.2, 0) is 4.84 Å². The first-order valence-corrected chi connectivity index (χ1v) is 6.78. The predicted octanol–water partition coefficient (Wildman–Crippen LogP) is 2.35. The molecule has 0 aliphatic rings. The van der Waals surface area contributed by atoms with E-state index < -0.39 is 5.97 Å². The predicted molar refractivity (Wildman–Crippen MR) is 82.6 cm³/mol. The van der Waals surface area contributed by atoms with E-state index in [0.29, 0.717) is 16.9 Å². The zero-order valence-electron chi connectivity index (χ0n) is 12.4. The number of nitrogens with zero attached hydrogens (tertiary/aromatic N) is 2. The van der Waals surface area contributed by atoms with Crippen LogP contribution in [0.3, 0.4) is 0 Å². The van der Waals surface area contributed by atoms with Gasteiger partial charge in [0, 0.05) is 18.0 Å². The van der Waals surface area contributed by atoms with Gasteiger partial charge in [-0.15, -0.1) is 0 Å². The third-order valence-electron chi connectivity index (χ3n) is 2.63. The first-order chi connectivity index (χ1) is 10.6. The minimum absolute atomic E-state index is 0.0190. The molecule has 0 bridgehead atoms. The van der Waals surface area contributed by atoms with E-state index >= 15 is 0 Å². The van der Waals surface area contributed by atoms with Crippen molar-refractivity contribution in [3.8, 4) is 5.75 Å². The summed E-state index contributed by atoms with van der Waals surface area (Å²) in [4.78, 5) is 20.7. The van der Waals surface area contributed by atoms with E-state index in [1.165, 1.54) is 6.20 Å². The Morgan fingerprint density at radius 1 is 1.23 bits per heavy atom. The first-order valence-electron chi connectivity index (χ1n) is 6.78. The molecule has 22 heavy (non-hydrogen) atoms. The number of benzene rings is 1. The molecule has 2 N–H and O–H groups in total. The molecule has 0 fully saturated rings. The second kappa shape index (κ2) is 7.21. The quantitative estimate of drug-likeness (QED) is 0.396. The number of hydrogen-bond acceptors (Lipinski definition) is 5. The average Bonchev–Trinajstić information content (AvgIpc) is 2.52. The van der Waals surface area contributed by atoms with Gasteiger partial charge in [0.2, 0.25) is 0 Å². The molecule has 0 unspecified atom stereocenters. The normalized spacial score (nSPS) is 11.3. The van der Waals surface area contributed by atoms with E-state index in [9.17, 15) is 4.79 Å². The highest BCUT2D eigenvalue weighted by Gasteiger charge is 2.10. The maximum absolute atomic E-state index is 12.0. The standard InChI is InChI=1S/C16H17N3O3/c1-11(2)21-14-7-3-5-12(9-14)16(20)22-19-15(17)13-6-4-8-18-10-13/h3-11H,1-2H3,(H2,17,19). The summed E-state index contributed by atoms with van der Waals surface area (Å²) < 4.78 is 5.52. The van der Waals surface area contributed by atoms with Crippen LogP contribution in [0.2, 0.25) is 0 Å². The molecule has 6 heteroatoms. The van der Waals surface area contributed by atoms with Gasteiger partial charge in [0.1, 0.15) is 5.75 Å². The molecule has 114 valence electrons. The molecule has 0 atom stereocenters. The van der Waals surface area contributed by atoms with Crippen molar-refractivity contribution < 1.29 is 14.4 Å². The minimum atomic E-state index is -0.610. The highest BCUT2D eigenvalue weighted by atomic mass is 16.7. The van der Waals surface area contributed by atoms with Gasteiger partial charge in [-0.25, -0.2) is 4.79 Å². The molecule has 1 heterocycles. The number of nitrogens with two attached hydrogens (primary N) is 1. The van der Waals surface area contributed by atoms with Crippen molar-refractivity contribution in [3.05, 3.63) is 59.9 Å². The van der Waals surface area contributed by atoms with Gasteiger partial charge in [-0.05, 0) is 44.2 Å². The molecule has 0 saturated heterocycles. The van der Waals surface area contributed by atoms with E-state index in [-0.39, 0.29) is 11.9 Å². The highest BCUT2D eigenvalue weighted by Crippen LogP contribution is 2.15. The number of amidine groups is 1. The number of carbonyl (C=O) groups is 1. The second-order valence-corrected chi connectivity index (χ2v) is 4.79. The number of carbonyl (C=O) groups excluding carboxylic acids is 1. The lowest BCUT2D eigenvalue weighted by Gasteiger charge is -2.09. The van der Waals surface area contributed by atoms with E-state index in [1.807, 2.05) is 13.8 Å². The summed E-state index contributed by atoms with van der Waals surface area (Å²) in [7, 11) is 0. The maximum atomic E-state index is 12.0. The number of pyridine rings is 1. The van der Waals surface area contributed by atoms with Crippen molar-refractivity contribution in [1.29, 1.82) is 0 Å². The average molecular weight is 299 g/mol. The van der Waals surface area contributed by atoms with Crippen LogP contribution in [0, 0.1) is 0 Å². The highest BCUT2D eigenvalue weighted by molar-refractivity contribution is 5.97. The van der Waals surface area contributed by atoms with Crippen molar-refractivity contribution in [2.45, 2.75) is 20.0 Å². The number of rotatable bonds is 5. The Labute approximate surface area is 128 Å². The molecule has 0 amide bonds. The molecular formula is C16H17N3O3. The summed E-state index contributed by atoms with van der Waals surface area (Å²) in [5.74, 6) is 0.0609. The number of aromatic nitrogens is 1. The maximum Gasteiger partial charge on any atom is 0.365 e. The van der Waals surface area contributed by atoms with Gasteiger partial charge in [-0.2, -0.15) is 0 Å². The van der Waals surface area contributed by atoms with Crippen molar-refractivity contribution in [3.63, 3.8) is 0 Å². The van der Waals surface area contributed by atoms with Crippen LogP contribution >= 0.6 is 0 Å². The first kappa shape index (κ1) is 15.5. The molecular weight excluding hydrogens is 282 g/mol. The topological polar surface area (TPSA) is 86.8 Å². The van der Waals surface area contributed by atoms with Crippen LogP contribution in [0.15, 0.2) is 53.9 Å². The summed E-state index contributed by atoms with van der Waals surface area (Å²) in [5.41, 5.74) is 6.64. The number of oxime groups is 1. The third kappa shape index (κ3) is 4.31. The summed E-state index contributed by atoms with van der Waals surface area (Å²) in [6.07, 6.45) is 3.16. The van der Waals surface area contributed by atoms with Gasteiger partial charge in [-0.1, -0.05) is 11.2 Å². The summed E-state index contributed by atoms with van der Waals surface area (Å²) >= 11 is 0. The van der Waals surface area contributed by atoms with Crippen LogP contribution in [-0.4, -0.2) is 22.9 Å². The van der Waals surface area contributed by atoms with E-state index in [1.54, 1.807) is 42.6 Å². The smallest absolute Gasteiger partial charge is 0.365 e. The fraction of sp³-hybridized carbons (Fsp3) is 0.188. The lowest BCUT2D eigenvalue weighted by Crippen LogP contribution is -2.15. The van der Waals surface area contributed by atoms with Gasteiger partial charge in [-0.3, -0.25) is 4.98 Å². The van der Waals surface area contributed by atoms with E-state index in [2.05, 4.69) is 10.1 Å². The van der Waals surface area contributed by atoms with Gasteiger partial charge >= 0.3 is 5.97 Å². The number of hydrogen-bond donors (Lipinski definition) is 1. The summed E-state index contributed by atoms with van der Waals surface area (Å²) in [6, 6.07) is 10.1. The molecule has 1 aromatic carbocycles. The van der Waals surface area contributed by atoms with E-state index in [4.69, 9.17) is 15.3 Å². The molecule has 0 aliphatic carbocycles. The zero-order chi connectivity index (χ0) is 15.9. The van der Waals surface area contributed by atoms with Crippen LogP contribution < -0.4 is 10.5 Å². The molecule has 6 nitrogen and oxygen atoms in total. The molecule has 1 aromatic heterocycles. The lowest BCUT2D eigenvalue weighted by molar-refractivity contribution is 0.0515. The third-order valence-corrected chi connectivity index (χ3v) is 2.63. The van der Waals surface area contributed by atoms with Crippen molar-refractivity contribution in [2.75, 3.05) is 0 Å². The SMILES string of the molecule is CC(C)Oc1cccc(C(=O)O/N=C(/N)c2cccnc2)c1. The zero-order valence-corrected chi connectivity index (χ0v) is 12.4. The summed E-state index contributed by atoms with van der Waals surface area (Å²) in [6.45, 7) is 3.81.